The molecule has 0 aliphatic rings. The Balaban J connectivity index is 2.01. The van der Waals surface area contributed by atoms with E-state index in [1.54, 1.807) is 0 Å². The van der Waals surface area contributed by atoms with Gasteiger partial charge in [0.25, 0.3) is 11.6 Å². The number of nitro benzene ring substituents is 1. The normalized spacial score (nSPS) is 9.95. The van der Waals surface area contributed by atoms with Crippen molar-refractivity contribution in [2.24, 2.45) is 0 Å². The van der Waals surface area contributed by atoms with Gasteiger partial charge in [-0.15, -0.1) is 0 Å². The summed E-state index contributed by atoms with van der Waals surface area (Å²) >= 11 is 0. The molecule has 0 fully saturated rings. The lowest BCUT2D eigenvalue weighted by Gasteiger charge is -2.07. The van der Waals surface area contributed by atoms with Crippen LogP contribution in [0, 0.1) is 15.9 Å². The van der Waals surface area contributed by atoms with Crippen molar-refractivity contribution >= 4 is 23.4 Å². The monoisotopic (exact) mass is 292 g/mol. The molecule has 0 atom stereocenters. The highest BCUT2D eigenvalue weighted by atomic mass is 19.1. The van der Waals surface area contributed by atoms with Crippen LogP contribution in [0.1, 0.15) is 10.4 Å². The first kappa shape index (κ1) is 14.1. The Morgan fingerprint density at radius 1 is 1.33 bits per heavy atom. The highest BCUT2D eigenvalue weighted by Gasteiger charge is 2.10. The third kappa shape index (κ3) is 3.37. The van der Waals surface area contributed by atoms with Crippen LogP contribution in [-0.4, -0.2) is 20.8 Å². The summed E-state index contributed by atoms with van der Waals surface area (Å²) in [5.74, 6) is -1.81. The summed E-state index contributed by atoms with van der Waals surface area (Å²) in [6, 6.07) is 4.96. The second-order valence-corrected chi connectivity index (χ2v) is 3.81. The summed E-state index contributed by atoms with van der Waals surface area (Å²) in [5, 5.41) is 10.5. The molecule has 0 radical (unpaired) electrons. The molecule has 0 saturated heterocycles. The minimum atomic E-state index is -0.776. The van der Waals surface area contributed by atoms with Gasteiger partial charge in [0.2, 0.25) is 5.95 Å². The number of carbonyl (C=O) groups excluding carboxylic acids is 1. The van der Waals surface area contributed by atoms with Crippen LogP contribution in [0.3, 0.4) is 0 Å². The molecule has 9 nitrogen and oxygen atoms in total. The van der Waals surface area contributed by atoms with Gasteiger partial charge in [0, 0.05) is 17.7 Å². The maximum Gasteiger partial charge on any atom is 0.269 e. The van der Waals surface area contributed by atoms with Gasteiger partial charge in [0.05, 0.1) is 11.1 Å². The second-order valence-electron chi connectivity index (χ2n) is 3.81. The van der Waals surface area contributed by atoms with Crippen LogP contribution in [0.2, 0.25) is 0 Å². The molecule has 4 N–H and O–H groups in total. The van der Waals surface area contributed by atoms with Gasteiger partial charge in [-0.25, -0.2) is 9.37 Å². The number of aromatic nitrogens is 2. The number of halogens is 1. The molecule has 1 aromatic carbocycles. The first-order valence-electron chi connectivity index (χ1n) is 5.56. The Hall–Kier alpha value is -3.30. The number of non-ortho nitro benzene ring substituents is 1. The van der Waals surface area contributed by atoms with E-state index in [9.17, 15) is 19.3 Å². The molecular weight excluding hydrogens is 283 g/mol. The van der Waals surface area contributed by atoms with Gasteiger partial charge in [-0.2, -0.15) is 4.98 Å². The molecule has 1 heterocycles. The fourth-order valence-electron chi connectivity index (χ4n) is 1.36. The SMILES string of the molecule is Nc1nc(NNC(=O)c2ccc([N+](=O)[O-])cc2)ncc1F. The van der Waals surface area contributed by atoms with E-state index < -0.39 is 16.6 Å². The van der Waals surface area contributed by atoms with Crippen LogP contribution < -0.4 is 16.6 Å². The highest BCUT2D eigenvalue weighted by molar-refractivity contribution is 5.94. The highest BCUT2D eigenvalue weighted by Crippen LogP contribution is 2.12. The molecule has 1 amide bonds. The number of anilines is 2. The van der Waals surface area contributed by atoms with E-state index in [2.05, 4.69) is 20.8 Å². The largest absolute Gasteiger partial charge is 0.381 e. The summed E-state index contributed by atoms with van der Waals surface area (Å²) in [6.45, 7) is 0. The fourth-order valence-corrected chi connectivity index (χ4v) is 1.36. The number of rotatable bonds is 4. The van der Waals surface area contributed by atoms with Crippen LogP contribution in [0.4, 0.5) is 21.8 Å². The van der Waals surface area contributed by atoms with Gasteiger partial charge >= 0.3 is 0 Å². The van der Waals surface area contributed by atoms with Crippen LogP contribution >= 0.6 is 0 Å². The number of hydrogen-bond acceptors (Lipinski definition) is 7. The minimum absolute atomic E-state index is 0.0934. The van der Waals surface area contributed by atoms with Gasteiger partial charge in [-0.05, 0) is 12.1 Å². The van der Waals surface area contributed by atoms with Crippen LogP contribution in [0.15, 0.2) is 30.5 Å². The molecule has 2 aromatic rings. The molecule has 0 aliphatic heterocycles. The van der Waals surface area contributed by atoms with Crippen molar-refractivity contribution in [1.29, 1.82) is 0 Å². The molecular formula is C11H9FN6O3. The first-order chi connectivity index (χ1) is 9.97. The van der Waals surface area contributed by atoms with Gasteiger partial charge in [-0.3, -0.25) is 25.8 Å². The number of benzene rings is 1. The quantitative estimate of drug-likeness (QED) is 0.561. The van der Waals surface area contributed by atoms with Crippen molar-refractivity contribution in [2.75, 3.05) is 11.2 Å². The molecule has 21 heavy (non-hydrogen) atoms. The lowest BCUT2D eigenvalue weighted by Crippen LogP contribution is -2.30. The summed E-state index contributed by atoms with van der Waals surface area (Å²) < 4.78 is 12.8. The van der Waals surface area contributed by atoms with E-state index >= 15 is 0 Å². The van der Waals surface area contributed by atoms with Crippen molar-refractivity contribution < 1.29 is 14.1 Å². The standard InChI is InChI=1S/C11H9FN6O3/c12-8-5-14-11(15-9(8)13)17-16-10(19)6-1-3-7(4-2-6)18(20)21/h1-5H,(H,16,19)(H3,13,14,15,17). The predicted octanol–water partition coefficient (Wildman–Crippen LogP) is 0.863. The number of nitro groups is 1. The molecule has 0 bridgehead atoms. The average Bonchev–Trinajstić information content (AvgIpc) is 2.48. The smallest absolute Gasteiger partial charge is 0.269 e. The zero-order valence-corrected chi connectivity index (χ0v) is 10.4. The zero-order valence-electron chi connectivity index (χ0n) is 10.4. The van der Waals surface area contributed by atoms with E-state index in [0.717, 1.165) is 6.20 Å². The summed E-state index contributed by atoms with van der Waals surface area (Å²) in [7, 11) is 0. The molecule has 108 valence electrons. The number of nitrogens with zero attached hydrogens (tertiary/aromatic N) is 3. The van der Waals surface area contributed by atoms with E-state index in [1.807, 2.05) is 0 Å². The lowest BCUT2D eigenvalue weighted by atomic mass is 10.2. The molecule has 0 aliphatic carbocycles. The number of hydrogen-bond donors (Lipinski definition) is 3. The zero-order chi connectivity index (χ0) is 15.4. The Morgan fingerprint density at radius 2 is 2.00 bits per heavy atom. The van der Waals surface area contributed by atoms with Crippen molar-refractivity contribution in [3.05, 3.63) is 52.0 Å². The van der Waals surface area contributed by atoms with Crippen molar-refractivity contribution in [3.8, 4) is 0 Å². The summed E-state index contributed by atoms with van der Waals surface area (Å²) in [6.07, 6.45) is 0.850. The number of carbonyl (C=O) groups is 1. The number of amides is 1. The topological polar surface area (TPSA) is 136 Å². The van der Waals surface area contributed by atoms with Crippen LogP contribution in [0.25, 0.3) is 0 Å². The maximum atomic E-state index is 12.8. The van der Waals surface area contributed by atoms with Gasteiger partial charge < -0.3 is 5.73 Å². The summed E-state index contributed by atoms with van der Waals surface area (Å²) in [5.41, 5.74) is 9.89. The Morgan fingerprint density at radius 3 is 2.57 bits per heavy atom. The van der Waals surface area contributed by atoms with Crippen molar-refractivity contribution in [3.63, 3.8) is 0 Å². The van der Waals surface area contributed by atoms with Crippen molar-refractivity contribution in [2.45, 2.75) is 0 Å². The number of hydrazine groups is 1. The Kier molecular flexibility index (Phi) is 3.88. The molecule has 0 saturated carbocycles. The Bertz CT molecular complexity index is 691. The maximum absolute atomic E-state index is 12.8. The first-order valence-corrected chi connectivity index (χ1v) is 5.56. The van der Waals surface area contributed by atoms with Gasteiger partial charge in [-0.1, -0.05) is 0 Å². The van der Waals surface area contributed by atoms with Gasteiger partial charge in [0.1, 0.15) is 0 Å². The molecule has 0 unspecified atom stereocenters. The minimum Gasteiger partial charge on any atom is -0.381 e. The van der Waals surface area contributed by atoms with Crippen LogP contribution in [-0.2, 0) is 0 Å². The third-order valence-corrected chi connectivity index (χ3v) is 2.40. The second kappa shape index (κ2) is 5.77. The number of nitrogen functional groups attached to an aromatic ring is 1. The van der Waals surface area contributed by atoms with Crippen LogP contribution in [0.5, 0.6) is 0 Å². The molecule has 10 heteroatoms. The van der Waals surface area contributed by atoms with E-state index in [4.69, 9.17) is 5.73 Å². The van der Waals surface area contributed by atoms with Crippen molar-refractivity contribution in [1.82, 2.24) is 15.4 Å². The van der Waals surface area contributed by atoms with Gasteiger partial charge in [0.15, 0.2) is 11.6 Å². The molecule has 2 rings (SSSR count). The lowest BCUT2D eigenvalue weighted by molar-refractivity contribution is -0.384. The predicted molar refractivity (Wildman–Crippen MR) is 70.6 cm³/mol. The number of nitrogens with one attached hydrogen (secondary N) is 2. The average molecular weight is 292 g/mol. The summed E-state index contributed by atoms with van der Waals surface area (Å²) in [4.78, 5) is 28.8. The molecule has 0 spiro atoms. The van der Waals surface area contributed by atoms with E-state index in [0.29, 0.717) is 0 Å². The number of nitrogens with two attached hydrogens (primary N) is 1. The fraction of sp³-hybridized carbons (Fsp3) is 0. The Labute approximate surface area is 117 Å². The van der Waals surface area contributed by atoms with E-state index in [-0.39, 0.29) is 23.0 Å². The third-order valence-electron chi connectivity index (χ3n) is 2.40. The van der Waals surface area contributed by atoms with E-state index in [1.165, 1.54) is 24.3 Å². The molecule has 1 aromatic heterocycles.